The lowest BCUT2D eigenvalue weighted by Crippen LogP contribution is -2.72. The van der Waals surface area contributed by atoms with E-state index in [1.807, 2.05) is 159 Å². The van der Waals surface area contributed by atoms with E-state index < -0.39 is 16.1 Å². The quantitative estimate of drug-likeness (QED) is 0.157. The fraction of sp³-hybridized carbons (Fsp3) is 0.231. The van der Waals surface area contributed by atoms with Crippen LogP contribution in [0.2, 0.25) is 13.1 Å². The number of benzene rings is 10. The van der Waals surface area contributed by atoms with Gasteiger partial charge in [0.25, 0.3) is 0 Å². The Morgan fingerprint density at radius 1 is 0.244 bits per heavy atom. The largest absolute Gasteiger partial charge is 0.456 e. The van der Waals surface area contributed by atoms with Crippen LogP contribution in [-0.4, -0.2) is 16.1 Å². The molecule has 2 aliphatic heterocycles. The number of rotatable bonds is 2. The molecule has 0 aliphatic carbocycles. The predicted molar refractivity (Wildman–Crippen MR) is 382 cm³/mol. The summed E-state index contributed by atoms with van der Waals surface area (Å²) in [5.74, 6) is 0. The summed E-state index contributed by atoms with van der Waals surface area (Å²) in [5, 5.41) is 14.2. The average Bonchev–Trinajstić information content (AvgIpc) is 2.10. The molecule has 0 spiro atoms. The zero-order valence-electron chi connectivity index (χ0n) is 53.1. The summed E-state index contributed by atoms with van der Waals surface area (Å²) >= 11 is 1.86. The van der Waals surface area contributed by atoms with E-state index in [2.05, 4.69) is 231 Å². The number of thiophene rings is 1. The summed E-state index contributed by atoms with van der Waals surface area (Å²) in [6.45, 7) is 36.9. The molecule has 0 atom stereocenters. The van der Waals surface area contributed by atoms with Crippen LogP contribution in [0.25, 0.3) is 64.4 Å². The van der Waals surface area contributed by atoms with Crippen molar-refractivity contribution in [3.05, 3.63) is 255 Å². The second-order valence-electron chi connectivity index (χ2n) is 17.5. The van der Waals surface area contributed by atoms with Crippen LogP contribution >= 0.6 is 11.3 Å². The molecule has 0 amide bonds. The summed E-state index contributed by atoms with van der Waals surface area (Å²) in [6.07, 6.45) is 0. The van der Waals surface area contributed by atoms with Crippen molar-refractivity contribution in [2.45, 2.75) is 124 Å². The molecule has 0 bridgehead atoms. The summed E-state index contributed by atoms with van der Waals surface area (Å²) in [7, 11) is -3.61. The van der Waals surface area contributed by atoms with Gasteiger partial charge in [0.2, 0.25) is 0 Å². The zero-order chi connectivity index (χ0) is 60.5. The first-order chi connectivity index (χ1) is 40.5. The van der Waals surface area contributed by atoms with Gasteiger partial charge in [-0.2, -0.15) is 0 Å². The van der Waals surface area contributed by atoms with Crippen LogP contribution in [0.15, 0.2) is 259 Å². The lowest BCUT2D eigenvalue weighted by molar-refractivity contribution is 0.669. The van der Waals surface area contributed by atoms with Crippen LogP contribution in [-0.2, 0) is 0 Å². The molecule has 2 aromatic heterocycles. The van der Waals surface area contributed by atoms with Gasteiger partial charge in [0.1, 0.15) is 19.2 Å². The summed E-state index contributed by atoms with van der Waals surface area (Å²) in [5.41, 5.74) is 7.65. The van der Waals surface area contributed by atoms with Crippen LogP contribution in [0.4, 0.5) is 0 Å². The summed E-state index contributed by atoms with van der Waals surface area (Å²) < 4.78 is 8.41. The minimum atomic E-state index is -2.23. The first kappa shape index (κ1) is 68.9. The van der Waals surface area contributed by atoms with Gasteiger partial charge in [0, 0.05) is 30.9 Å². The maximum Gasteiger partial charge on any atom is 0.180 e. The van der Waals surface area contributed by atoms with Crippen LogP contribution in [0.3, 0.4) is 0 Å². The number of fused-ring (bicyclic) bond motifs is 12. The second kappa shape index (κ2) is 36.9. The number of para-hydroxylation sites is 2. The molecule has 1 nitrogen and oxygen atoms in total. The molecule has 428 valence electrons. The number of furan rings is 1. The monoisotopic (exact) mass is 1140 g/mol. The van der Waals surface area contributed by atoms with E-state index in [1.165, 1.54) is 73.9 Å². The highest BCUT2D eigenvalue weighted by Gasteiger charge is 2.48. The zero-order valence-corrected chi connectivity index (χ0v) is 55.9. The summed E-state index contributed by atoms with van der Waals surface area (Å²) in [6, 6.07) is 91.3. The molecule has 12 aromatic rings. The highest BCUT2D eigenvalue weighted by Crippen LogP contribution is 2.34. The van der Waals surface area contributed by atoms with Gasteiger partial charge in [-0.1, -0.05) is 354 Å². The molecular formula is C78H96OSSi2. The molecule has 0 radical (unpaired) electrons. The topological polar surface area (TPSA) is 13.1 Å². The molecule has 0 saturated carbocycles. The van der Waals surface area contributed by atoms with Crippen molar-refractivity contribution in [2.24, 2.45) is 0 Å². The third-order valence-electron chi connectivity index (χ3n) is 13.4. The van der Waals surface area contributed by atoms with E-state index in [4.69, 9.17) is 4.42 Å². The highest BCUT2D eigenvalue weighted by atomic mass is 32.1. The molecule has 10 aromatic carbocycles. The molecule has 0 saturated heterocycles. The molecule has 2 aliphatic rings. The Morgan fingerprint density at radius 2 is 0.488 bits per heavy atom. The Hall–Kier alpha value is -7.35. The molecule has 14 rings (SSSR count). The van der Waals surface area contributed by atoms with Crippen molar-refractivity contribution < 1.29 is 4.42 Å². The Balaban J connectivity index is 0.000000272. The Bertz CT molecular complexity index is 3300. The van der Waals surface area contributed by atoms with E-state index in [0.29, 0.717) is 0 Å². The van der Waals surface area contributed by atoms with Crippen molar-refractivity contribution in [1.82, 2.24) is 0 Å². The summed E-state index contributed by atoms with van der Waals surface area (Å²) in [4.78, 5) is 0. The fourth-order valence-corrected chi connectivity index (χ4v) is 19.8. The molecular weight excluding hydrogens is 1040 g/mol. The third kappa shape index (κ3) is 15.2. The minimum absolute atomic E-state index is 0.962. The second-order valence-corrected chi connectivity index (χ2v) is 26.6. The maximum atomic E-state index is 5.65. The highest BCUT2D eigenvalue weighted by molar-refractivity contribution is 7.25. The van der Waals surface area contributed by atoms with Crippen LogP contribution in [0.1, 0.15) is 111 Å². The van der Waals surface area contributed by atoms with Crippen molar-refractivity contribution >= 4 is 101 Å². The van der Waals surface area contributed by atoms with Crippen molar-refractivity contribution in [3.63, 3.8) is 0 Å². The van der Waals surface area contributed by atoms with Gasteiger partial charge in [0.15, 0.2) is 8.07 Å². The Morgan fingerprint density at radius 3 is 0.829 bits per heavy atom. The standard InChI is InChI=1S/C24H18Si.C14H14Si.C12H8O.C12H8S.8C2H6/c1-3-11-19(12-4-1)25(20-13-5-2-6-14-20)23-17-9-7-15-21(23)22-16-8-10-18-24(22)25;1-15(2)13-9-5-3-7-11(13)12-8-4-6-10-14(12)15;2*1-3-7-11-9(5-1)10-6-2-4-8-12(10)13-11;8*1-2/h1-18H;3-10H,1-2H3;2*1-8H;8*1-2H3. The van der Waals surface area contributed by atoms with E-state index in [1.54, 1.807) is 10.4 Å². The minimum Gasteiger partial charge on any atom is -0.456 e. The van der Waals surface area contributed by atoms with Gasteiger partial charge < -0.3 is 4.42 Å². The molecule has 82 heavy (non-hydrogen) atoms. The van der Waals surface area contributed by atoms with Crippen molar-refractivity contribution in [2.75, 3.05) is 0 Å². The van der Waals surface area contributed by atoms with Crippen molar-refractivity contribution in [3.8, 4) is 22.3 Å². The third-order valence-corrected chi connectivity index (χ3v) is 23.0. The molecule has 0 unspecified atom stereocenters. The molecule has 4 heteroatoms. The fourth-order valence-electron chi connectivity index (χ4n) is 10.4. The van der Waals surface area contributed by atoms with Crippen LogP contribution in [0, 0.1) is 0 Å². The van der Waals surface area contributed by atoms with Gasteiger partial charge in [-0.05, 0) is 77.6 Å². The predicted octanol–water partition coefficient (Wildman–Crippen LogP) is 21.4. The molecule has 4 heterocycles. The van der Waals surface area contributed by atoms with Crippen LogP contribution < -0.4 is 31.1 Å². The van der Waals surface area contributed by atoms with E-state index >= 15 is 0 Å². The Kier molecular flexibility index (Phi) is 31.0. The van der Waals surface area contributed by atoms with Crippen molar-refractivity contribution in [1.29, 1.82) is 0 Å². The SMILES string of the molecule is CC.CC.CC.CC.CC.CC.CC.CC.C[Si]1(C)c2ccccc2-c2ccccc21.c1ccc([Si]2(c3ccccc3)c3ccccc3-c3ccccc32)cc1.c1ccc2c(c1)oc1ccccc12.c1ccc2c(c1)sc1ccccc12. The molecule has 0 N–H and O–H groups in total. The van der Waals surface area contributed by atoms with Gasteiger partial charge in [-0.15, -0.1) is 11.3 Å². The maximum absolute atomic E-state index is 5.65. The average molecular weight is 1140 g/mol. The Labute approximate surface area is 502 Å². The number of hydrogen-bond donors (Lipinski definition) is 0. The van der Waals surface area contributed by atoms with Gasteiger partial charge >= 0.3 is 0 Å². The van der Waals surface area contributed by atoms with E-state index in [-0.39, 0.29) is 0 Å². The molecule has 0 fully saturated rings. The van der Waals surface area contributed by atoms with E-state index in [9.17, 15) is 0 Å². The first-order valence-corrected chi connectivity index (χ1v) is 36.6. The normalized spacial score (nSPS) is 11.2. The lowest BCUT2D eigenvalue weighted by atomic mass is 10.1. The smallest absolute Gasteiger partial charge is 0.180 e. The van der Waals surface area contributed by atoms with Gasteiger partial charge in [0.05, 0.1) is 0 Å². The van der Waals surface area contributed by atoms with Crippen LogP contribution in [0.5, 0.6) is 0 Å². The number of hydrogen-bond acceptors (Lipinski definition) is 2. The van der Waals surface area contributed by atoms with Gasteiger partial charge in [-0.3, -0.25) is 0 Å². The first-order valence-electron chi connectivity index (χ1n) is 30.8. The van der Waals surface area contributed by atoms with Gasteiger partial charge in [-0.25, -0.2) is 0 Å². The van der Waals surface area contributed by atoms with E-state index in [0.717, 1.165) is 11.2 Å². The lowest BCUT2D eigenvalue weighted by Gasteiger charge is -2.31.